The third-order valence-corrected chi connectivity index (χ3v) is 3.64. The van der Waals surface area contributed by atoms with Gasteiger partial charge in [-0.1, -0.05) is 0 Å². The summed E-state index contributed by atoms with van der Waals surface area (Å²) < 4.78 is 7.19. The number of anilines is 1. The maximum absolute atomic E-state index is 10.1. The number of aliphatic hydroxyl groups excluding tert-OH is 2. The minimum atomic E-state index is -1.05. The van der Waals surface area contributed by atoms with E-state index in [2.05, 4.69) is 20.3 Å². The van der Waals surface area contributed by atoms with Crippen molar-refractivity contribution in [2.45, 2.75) is 38.0 Å². The Labute approximate surface area is 120 Å². The van der Waals surface area contributed by atoms with Crippen LogP contribution in [0, 0.1) is 0 Å². The standard InChI is InChI=1S/C12H18N6O3/c1-5-8(19)9(20)12(21-5)18-4-15-7-10(14-2)16-6(3-13)17-11(7)18/h4-5,8-9,12,19-20H,3,13H2,1-2H3,(H,14,16,17). The maximum atomic E-state index is 10.1. The molecule has 0 aliphatic carbocycles. The molecule has 9 nitrogen and oxygen atoms in total. The summed E-state index contributed by atoms with van der Waals surface area (Å²) in [6.07, 6.45) is -1.70. The van der Waals surface area contributed by atoms with Gasteiger partial charge >= 0.3 is 0 Å². The Bertz CT molecular complexity index is 660. The van der Waals surface area contributed by atoms with E-state index in [0.717, 1.165) is 0 Å². The van der Waals surface area contributed by atoms with E-state index in [-0.39, 0.29) is 6.54 Å². The molecule has 1 aliphatic heterocycles. The van der Waals surface area contributed by atoms with Crippen molar-refractivity contribution < 1.29 is 14.9 Å². The number of nitrogens with zero attached hydrogens (tertiary/aromatic N) is 4. The lowest BCUT2D eigenvalue weighted by atomic mass is 10.1. The van der Waals surface area contributed by atoms with Gasteiger partial charge in [0.15, 0.2) is 23.2 Å². The van der Waals surface area contributed by atoms with Gasteiger partial charge in [-0.05, 0) is 6.92 Å². The number of ether oxygens (including phenoxy) is 1. The molecule has 4 unspecified atom stereocenters. The zero-order valence-electron chi connectivity index (χ0n) is 11.8. The monoisotopic (exact) mass is 294 g/mol. The third kappa shape index (κ3) is 2.14. The highest BCUT2D eigenvalue weighted by molar-refractivity contribution is 5.83. The minimum Gasteiger partial charge on any atom is -0.388 e. The summed E-state index contributed by atoms with van der Waals surface area (Å²) in [6.45, 7) is 1.88. The molecule has 0 radical (unpaired) electrons. The van der Waals surface area contributed by atoms with Gasteiger partial charge < -0.3 is 26.0 Å². The highest BCUT2D eigenvalue weighted by atomic mass is 16.6. The fourth-order valence-electron chi connectivity index (χ4n) is 2.47. The van der Waals surface area contributed by atoms with E-state index in [9.17, 15) is 10.2 Å². The third-order valence-electron chi connectivity index (χ3n) is 3.64. The number of fused-ring (bicyclic) bond motifs is 1. The lowest BCUT2D eigenvalue weighted by molar-refractivity contribution is -0.0299. The second-order valence-corrected chi connectivity index (χ2v) is 4.98. The highest BCUT2D eigenvalue weighted by Crippen LogP contribution is 2.32. The maximum Gasteiger partial charge on any atom is 0.168 e. The van der Waals surface area contributed by atoms with Crippen LogP contribution in [-0.2, 0) is 11.3 Å². The lowest BCUT2D eigenvalue weighted by Crippen LogP contribution is -2.30. The second-order valence-electron chi connectivity index (χ2n) is 4.98. The second kappa shape index (κ2) is 5.19. The molecule has 1 saturated heterocycles. The average Bonchev–Trinajstić information content (AvgIpc) is 3.02. The smallest absolute Gasteiger partial charge is 0.168 e. The van der Waals surface area contributed by atoms with Crippen molar-refractivity contribution in [1.29, 1.82) is 0 Å². The van der Waals surface area contributed by atoms with Gasteiger partial charge in [-0.3, -0.25) is 4.57 Å². The van der Waals surface area contributed by atoms with Crippen molar-refractivity contribution in [3.63, 3.8) is 0 Å². The number of hydrogen-bond donors (Lipinski definition) is 4. The average molecular weight is 294 g/mol. The number of hydrogen-bond acceptors (Lipinski definition) is 8. The van der Waals surface area contributed by atoms with E-state index in [1.54, 1.807) is 18.5 Å². The molecule has 3 heterocycles. The van der Waals surface area contributed by atoms with Gasteiger partial charge in [0.1, 0.15) is 18.0 Å². The first kappa shape index (κ1) is 14.1. The molecule has 1 aliphatic rings. The Morgan fingerprint density at radius 3 is 2.71 bits per heavy atom. The SMILES string of the molecule is CNc1nc(CN)nc2c1ncn2C1OC(C)C(O)C1O. The van der Waals surface area contributed by atoms with Gasteiger partial charge in [-0.2, -0.15) is 0 Å². The molecule has 2 aromatic rings. The van der Waals surface area contributed by atoms with Crippen LogP contribution in [0.1, 0.15) is 19.0 Å². The Morgan fingerprint density at radius 1 is 1.38 bits per heavy atom. The van der Waals surface area contributed by atoms with Gasteiger partial charge in [-0.15, -0.1) is 0 Å². The first-order valence-corrected chi connectivity index (χ1v) is 6.69. The van der Waals surface area contributed by atoms with Gasteiger partial charge in [0.2, 0.25) is 0 Å². The van der Waals surface area contributed by atoms with Gasteiger partial charge in [0.25, 0.3) is 0 Å². The molecule has 1 fully saturated rings. The van der Waals surface area contributed by atoms with Crippen LogP contribution < -0.4 is 11.1 Å². The molecule has 0 saturated carbocycles. The largest absolute Gasteiger partial charge is 0.388 e. The molecule has 4 atom stereocenters. The molecule has 21 heavy (non-hydrogen) atoms. The van der Waals surface area contributed by atoms with Crippen molar-refractivity contribution in [3.05, 3.63) is 12.2 Å². The predicted octanol–water partition coefficient (Wildman–Crippen LogP) is -1.03. The predicted molar refractivity (Wildman–Crippen MR) is 74.4 cm³/mol. The summed E-state index contributed by atoms with van der Waals surface area (Å²) in [5, 5.41) is 22.9. The van der Waals surface area contributed by atoms with Gasteiger partial charge in [0, 0.05) is 7.05 Å². The van der Waals surface area contributed by atoms with Gasteiger partial charge in [-0.25, -0.2) is 15.0 Å². The van der Waals surface area contributed by atoms with E-state index < -0.39 is 24.5 Å². The Balaban J connectivity index is 2.12. The van der Waals surface area contributed by atoms with E-state index in [1.165, 1.54) is 6.33 Å². The van der Waals surface area contributed by atoms with Gasteiger partial charge in [0.05, 0.1) is 19.0 Å². The van der Waals surface area contributed by atoms with Crippen LogP contribution in [0.5, 0.6) is 0 Å². The van der Waals surface area contributed by atoms with Crippen molar-refractivity contribution in [2.24, 2.45) is 5.73 Å². The number of aromatic nitrogens is 4. The fraction of sp³-hybridized carbons (Fsp3) is 0.583. The van der Waals surface area contributed by atoms with Crippen molar-refractivity contribution in [2.75, 3.05) is 12.4 Å². The molecular weight excluding hydrogens is 276 g/mol. The zero-order chi connectivity index (χ0) is 15.1. The molecular formula is C12H18N6O3. The molecule has 0 spiro atoms. The van der Waals surface area contributed by atoms with Crippen molar-refractivity contribution >= 4 is 17.0 Å². The zero-order valence-corrected chi connectivity index (χ0v) is 11.8. The summed E-state index contributed by atoms with van der Waals surface area (Å²) in [7, 11) is 1.73. The van der Waals surface area contributed by atoms with Crippen molar-refractivity contribution in [3.8, 4) is 0 Å². The van der Waals surface area contributed by atoms with Crippen LogP contribution >= 0.6 is 0 Å². The van der Waals surface area contributed by atoms with E-state index >= 15 is 0 Å². The van der Waals surface area contributed by atoms with Crippen LogP contribution in [0.3, 0.4) is 0 Å². The number of rotatable bonds is 3. The molecule has 3 rings (SSSR count). The molecule has 2 aromatic heterocycles. The quantitative estimate of drug-likeness (QED) is 0.565. The molecule has 0 bridgehead atoms. The molecule has 114 valence electrons. The number of nitrogens with two attached hydrogens (primary N) is 1. The fourth-order valence-corrected chi connectivity index (χ4v) is 2.47. The normalized spacial score (nSPS) is 29.2. The Hall–Kier alpha value is -1.81. The highest BCUT2D eigenvalue weighted by Gasteiger charge is 2.42. The topological polar surface area (TPSA) is 131 Å². The van der Waals surface area contributed by atoms with Crippen molar-refractivity contribution in [1.82, 2.24) is 19.5 Å². The van der Waals surface area contributed by atoms with E-state index in [0.29, 0.717) is 22.8 Å². The Kier molecular flexibility index (Phi) is 3.49. The summed E-state index contributed by atoms with van der Waals surface area (Å²) >= 11 is 0. The lowest BCUT2D eigenvalue weighted by Gasteiger charge is -2.16. The minimum absolute atomic E-state index is 0.183. The number of imidazole rings is 1. The summed E-state index contributed by atoms with van der Waals surface area (Å²) in [6, 6.07) is 0. The Morgan fingerprint density at radius 2 is 2.14 bits per heavy atom. The molecule has 9 heteroatoms. The number of aliphatic hydroxyl groups is 2. The van der Waals surface area contributed by atoms with Crippen LogP contribution in [-0.4, -0.2) is 55.1 Å². The van der Waals surface area contributed by atoms with Crippen LogP contribution in [0.15, 0.2) is 6.33 Å². The molecule has 0 aromatic carbocycles. The summed E-state index contributed by atoms with van der Waals surface area (Å²) in [4.78, 5) is 12.8. The molecule has 0 amide bonds. The molecule has 5 N–H and O–H groups in total. The van der Waals surface area contributed by atoms with Crippen LogP contribution in [0.2, 0.25) is 0 Å². The number of nitrogens with one attached hydrogen (secondary N) is 1. The first-order chi connectivity index (χ1) is 10.1. The first-order valence-electron chi connectivity index (χ1n) is 6.69. The van der Waals surface area contributed by atoms with Crippen LogP contribution in [0.25, 0.3) is 11.2 Å². The van der Waals surface area contributed by atoms with E-state index in [4.69, 9.17) is 10.5 Å². The van der Waals surface area contributed by atoms with Crippen LogP contribution in [0.4, 0.5) is 5.82 Å². The summed E-state index contributed by atoms with van der Waals surface area (Å²) in [5.41, 5.74) is 6.66. The summed E-state index contributed by atoms with van der Waals surface area (Å²) in [5.74, 6) is 1.01. The van der Waals surface area contributed by atoms with E-state index in [1.807, 2.05) is 0 Å².